The van der Waals surface area contributed by atoms with Gasteiger partial charge in [0, 0.05) is 13.1 Å². The van der Waals surface area contributed by atoms with Gasteiger partial charge in [0.05, 0.1) is 12.1 Å². The van der Waals surface area contributed by atoms with E-state index in [0.717, 1.165) is 44.9 Å². The molecular formula is C25H40N4O4. The molecule has 33 heavy (non-hydrogen) atoms. The number of nitrogens with two attached hydrogens (primary N) is 1. The second-order valence-electron chi connectivity index (χ2n) is 10.3. The maximum absolute atomic E-state index is 13.3. The molecule has 0 aromatic rings. The molecule has 8 heteroatoms. The summed E-state index contributed by atoms with van der Waals surface area (Å²) >= 11 is 0. The molecule has 1 aliphatic heterocycles. The molecule has 1 heterocycles. The maximum Gasteiger partial charge on any atom is 0.289 e. The normalized spacial score (nSPS) is 24.3. The third-order valence-electron chi connectivity index (χ3n) is 7.91. The lowest BCUT2D eigenvalue weighted by Crippen LogP contribution is -2.58. The third-order valence-corrected chi connectivity index (χ3v) is 7.91. The van der Waals surface area contributed by atoms with E-state index in [9.17, 15) is 19.2 Å². The Kier molecular flexibility index (Phi) is 8.68. The van der Waals surface area contributed by atoms with E-state index >= 15 is 0 Å². The lowest BCUT2D eigenvalue weighted by atomic mass is 9.70. The monoisotopic (exact) mass is 460 g/mol. The van der Waals surface area contributed by atoms with Crippen LogP contribution in [0.15, 0.2) is 12.7 Å². The highest BCUT2D eigenvalue weighted by molar-refractivity contribution is 6.38. The number of hydrogen-bond acceptors (Lipinski definition) is 5. The van der Waals surface area contributed by atoms with E-state index in [2.05, 4.69) is 24.1 Å². The van der Waals surface area contributed by atoms with Crippen molar-refractivity contribution in [3.63, 3.8) is 0 Å². The van der Waals surface area contributed by atoms with Crippen LogP contribution >= 0.6 is 0 Å². The SMILES string of the molecule is C=CCNC(=O)C(=O)C(CC1CCC1)NC(=O)[C@@H]1CCCN1C(=O)[C@@H](N)C1(C)CCCCC1. The predicted molar refractivity (Wildman–Crippen MR) is 126 cm³/mol. The molecule has 3 rings (SSSR count). The fourth-order valence-corrected chi connectivity index (χ4v) is 5.42. The van der Waals surface area contributed by atoms with Crippen LogP contribution in [-0.2, 0) is 19.2 Å². The highest BCUT2D eigenvalue weighted by Crippen LogP contribution is 2.39. The van der Waals surface area contributed by atoms with Gasteiger partial charge in [-0.1, -0.05) is 51.5 Å². The van der Waals surface area contributed by atoms with Crippen LogP contribution in [0.1, 0.15) is 77.6 Å². The minimum absolute atomic E-state index is 0.178. The van der Waals surface area contributed by atoms with E-state index < -0.39 is 29.8 Å². The van der Waals surface area contributed by atoms with Crippen LogP contribution in [-0.4, -0.2) is 59.6 Å². The van der Waals surface area contributed by atoms with Crippen LogP contribution in [0.4, 0.5) is 0 Å². The smallest absolute Gasteiger partial charge is 0.289 e. The molecule has 8 nitrogen and oxygen atoms in total. The molecule has 3 fully saturated rings. The highest BCUT2D eigenvalue weighted by Gasteiger charge is 2.44. The molecule has 2 aliphatic carbocycles. The van der Waals surface area contributed by atoms with Gasteiger partial charge in [0.15, 0.2) is 0 Å². The zero-order valence-corrected chi connectivity index (χ0v) is 19.9. The number of nitrogens with zero attached hydrogens (tertiary/aromatic N) is 1. The van der Waals surface area contributed by atoms with Gasteiger partial charge >= 0.3 is 0 Å². The van der Waals surface area contributed by atoms with Crippen LogP contribution in [0, 0.1) is 11.3 Å². The van der Waals surface area contributed by atoms with Gasteiger partial charge in [-0.25, -0.2) is 0 Å². The van der Waals surface area contributed by atoms with Crippen LogP contribution in [0.5, 0.6) is 0 Å². The quantitative estimate of drug-likeness (QED) is 0.339. The number of carbonyl (C=O) groups excluding carboxylic acids is 4. The molecule has 1 unspecified atom stereocenters. The number of nitrogens with one attached hydrogen (secondary N) is 2. The van der Waals surface area contributed by atoms with Crippen molar-refractivity contribution in [3.8, 4) is 0 Å². The highest BCUT2D eigenvalue weighted by atomic mass is 16.2. The molecule has 0 aromatic heterocycles. The Morgan fingerprint density at radius 3 is 2.39 bits per heavy atom. The van der Waals surface area contributed by atoms with E-state index in [0.29, 0.717) is 31.7 Å². The van der Waals surface area contributed by atoms with Crippen molar-refractivity contribution in [1.82, 2.24) is 15.5 Å². The van der Waals surface area contributed by atoms with E-state index in [-0.39, 0.29) is 23.8 Å². The lowest BCUT2D eigenvalue weighted by Gasteiger charge is -2.40. The number of rotatable bonds is 10. The summed E-state index contributed by atoms with van der Waals surface area (Å²) < 4.78 is 0. The average Bonchev–Trinajstić information content (AvgIpc) is 3.28. The molecule has 3 amide bonds. The minimum atomic E-state index is -0.880. The standard InChI is InChI=1S/C25H40N4O4/c1-3-14-27-23(32)20(30)18(16-17-9-7-10-17)28-22(31)19-11-8-15-29(19)24(33)21(26)25(2)12-5-4-6-13-25/h3,17-19,21H,1,4-16,26H2,2H3,(H,27,32)(H,28,31)/t18?,19-,21+/m0/s1. The van der Waals surface area contributed by atoms with Crippen LogP contribution in [0.2, 0.25) is 0 Å². The topological polar surface area (TPSA) is 122 Å². The molecule has 1 saturated heterocycles. The van der Waals surface area contributed by atoms with Crippen molar-refractivity contribution in [2.75, 3.05) is 13.1 Å². The van der Waals surface area contributed by atoms with Crippen molar-refractivity contribution < 1.29 is 19.2 Å². The Morgan fingerprint density at radius 2 is 1.79 bits per heavy atom. The molecule has 3 aliphatic rings. The van der Waals surface area contributed by atoms with Gasteiger partial charge in [-0.05, 0) is 43.4 Å². The van der Waals surface area contributed by atoms with Gasteiger partial charge in [0.25, 0.3) is 5.91 Å². The first-order valence-electron chi connectivity index (χ1n) is 12.6. The van der Waals surface area contributed by atoms with Gasteiger partial charge in [-0.15, -0.1) is 6.58 Å². The Morgan fingerprint density at radius 1 is 1.09 bits per heavy atom. The summed E-state index contributed by atoms with van der Waals surface area (Å²) in [4.78, 5) is 53.2. The minimum Gasteiger partial charge on any atom is -0.346 e. The summed E-state index contributed by atoms with van der Waals surface area (Å²) in [5.41, 5.74) is 6.21. The summed E-state index contributed by atoms with van der Waals surface area (Å²) in [5, 5.41) is 5.33. The van der Waals surface area contributed by atoms with E-state index in [1.165, 1.54) is 12.5 Å². The van der Waals surface area contributed by atoms with E-state index in [1.54, 1.807) is 4.90 Å². The summed E-state index contributed by atoms with van der Waals surface area (Å²) in [5.74, 6) is -1.57. The Labute approximate surface area is 197 Å². The number of ketones is 1. The first kappa shape index (κ1) is 25.4. The maximum atomic E-state index is 13.3. The average molecular weight is 461 g/mol. The van der Waals surface area contributed by atoms with Crippen LogP contribution < -0.4 is 16.4 Å². The number of Topliss-reactive ketones (excluding diaryl/α,β-unsaturated/α-hetero) is 1. The second-order valence-corrected chi connectivity index (χ2v) is 10.3. The molecule has 0 spiro atoms. The summed E-state index contributed by atoms with van der Waals surface area (Å²) in [6.07, 6.45) is 11.4. The number of carbonyl (C=O) groups is 4. The fourth-order valence-electron chi connectivity index (χ4n) is 5.42. The Balaban J connectivity index is 1.67. The summed E-state index contributed by atoms with van der Waals surface area (Å²) in [7, 11) is 0. The lowest BCUT2D eigenvalue weighted by molar-refractivity contribution is -0.144. The first-order valence-corrected chi connectivity index (χ1v) is 12.6. The summed E-state index contributed by atoms with van der Waals surface area (Å²) in [6, 6.07) is -2.17. The van der Waals surface area contributed by atoms with Crippen LogP contribution in [0.3, 0.4) is 0 Å². The largest absolute Gasteiger partial charge is 0.346 e. The zero-order valence-electron chi connectivity index (χ0n) is 19.9. The zero-order chi connectivity index (χ0) is 24.0. The van der Waals surface area contributed by atoms with E-state index in [1.807, 2.05) is 0 Å². The van der Waals surface area contributed by atoms with Crippen molar-refractivity contribution >= 4 is 23.5 Å². The van der Waals surface area contributed by atoms with Crippen molar-refractivity contribution in [2.45, 2.75) is 95.7 Å². The third kappa shape index (κ3) is 6.02. The molecule has 184 valence electrons. The van der Waals surface area contributed by atoms with Gasteiger partial charge in [-0.3, -0.25) is 19.2 Å². The Bertz CT molecular complexity index is 758. The van der Waals surface area contributed by atoms with Crippen molar-refractivity contribution in [2.24, 2.45) is 17.1 Å². The summed E-state index contributed by atoms with van der Waals surface area (Å²) in [6.45, 7) is 6.30. The molecular weight excluding hydrogens is 420 g/mol. The first-order chi connectivity index (χ1) is 15.8. The molecule has 0 radical (unpaired) electrons. The fraction of sp³-hybridized carbons (Fsp3) is 0.760. The van der Waals surface area contributed by atoms with Gasteiger partial charge in [0.2, 0.25) is 17.6 Å². The molecule has 0 bridgehead atoms. The predicted octanol–water partition coefficient (Wildman–Crippen LogP) is 1.82. The van der Waals surface area contributed by atoms with Gasteiger partial charge in [-0.2, -0.15) is 0 Å². The Hall–Kier alpha value is -2.22. The molecule has 3 atom stereocenters. The van der Waals surface area contributed by atoms with Crippen LogP contribution in [0.25, 0.3) is 0 Å². The van der Waals surface area contributed by atoms with Crippen molar-refractivity contribution in [1.29, 1.82) is 0 Å². The number of hydrogen-bond donors (Lipinski definition) is 3. The number of amides is 3. The van der Waals surface area contributed by atoms with Gasteiger partial charge in [0.1, 0.15) is 6.04 Å². The molecule has 2 saturated carbocycles. The number of likely N-dealkylation sites (tertiary alicyclic amines) is 1. The molecule has 0 aromatic carbocycles. The van der Waals surface area contributed by atoms with Crippen molar-refractivity contribution in [3.05, 3.63) is 12.7 Å². The van der Waals surface area contributed by atoms with E-state index in [4.69, 9.17) is 5.73 Å². The van der Waals surface area contributed by atoms with Gasteiger partial charge < -0.3 is 21.3 Å². The molecule has 4 N–H and O–H groups in total. The second kappa shape index (κ2) is 11.3.